The van der Waals surface area contributed by atoms with Gasteiger partial charge in [-0.25, -0.2) is 0 Å². The number of hydrogen-bond acceptors (Lipinski definition) is 4. The summed E-state index contributed by atoms with van der Waals surface area (Å²) in [5, 5.41) is 0. The van der Waals surface area contributed by atoms with Crippen LogP contribution < -0.4 is 0 Å². The molecule has 1 saturated heterocycles. The summed E-state index contributed by atoms with van der Waals surface area (Å²) in [7, 11) is 1.75. The number of hydrogen-bond donors (Lipinski definition) is 0. The molecule has 0 radical (unpaired) electrons. The van der Waals surface area contributed by atoms with Gasteiger partial charge in [0, 0.05) is 39.1 Å². The third kappa shape index (κ3) is 4.28. The highest BCUT2D eigenvalue weighted by Crippen LogP contribution is 2.22. The average Bonchev–Trinajstić information content (AvgIpc) is 2.59. The average molecular weight is 319 g/mol. The van der Waals surface area contributed by atoms with Crippen molar-refractivity contribution in [2.75, 3.05) is 39.9 Å². The molecule has 1 aromatic rings. The fourth-order valence-electron chi connectivity index (χ4n) is 2.68. The van der Waals surface area contributed by atoms with Gasteiger partial charge in [-0.05, 0) is 38.0 Å². The number of nitrogens with zero attached hydrogens (tertiary/aromatic N) is 3. The minimum absolute atomic E-state index is 0.124. The molecular weight excluding hydrogens is 294 g/mol. The van der Waals surface area contributed by atoms with Crippen LogP contribution in [0.4, 0.5) is 0 Å². The van der Waals surface area contributed by atoms with Gasteiger partial charge in [0.25, 0.3) is 0 Å². The first-order valence-corrected chi connectivity index (χ1v) is 7.94. The van der Waals surface area contributed by atoms with Gasteiger partial charge in [-0.2, -0.15) is 0 Å². The van der Waals surface area contributed by atoms with E-state index >= 15 is 0 Å². The maximum Gasteiger partial charge on any atom is 0.237 e. The van der Waals surface area contributed by atoms with E-state index in [-0.39, 0.29) is 11.8 Å². The third-order valence-corrected chi connectivity index (χ3v) is 4.20. The van der Waals surface area contributed by atoms with E-state index in [1.807, 2.05) is 12.1 Å². The SMILES string of the molecule is CN(CCc1ccncc1)C(=O)C(C)(C)C(=O)N1CCOCC1. The van der Waals surface area contributed by atoms with Gasteiger partial charge in [-0.1, -0.05) is 0 Å². The normalized spacial score (nSPS) is 15.3. The van der Waals surface area contributed by atoms with E-state index < -0.39 is 5.41 Å². The van der Waals surface area contributed by atoms with Gasteiger partial charge >= 0.3 is 0 Å². The largest absolute Gasteiger partial charge is 0.378 e. The van der Waals surface area contributed by atoms with Crippen molar-refractivity contribution in [2.24, 2.45) is 5.41 Å². The Morgan fingerprint density at radius 2 is 1.87 bits per heavy atom. The Morgan fingerprint density at radius 3 is 2.48 bits per heavy atom. The lowest BCUT2D eigenvalue weighted by molar-refractivity contribution is -0.155. The molecule has 1 fully saturated rings. The van der Waals surface area contributed by atoms with Crippen molar-refractivity contribution in [1.29, 1.82) is 0 Å². The van der Waals surface area contributed by atoms with Gasteiger partial charge in [0.15, 0.2) is 0 Å². The predicted molar refractivity (Wildman–Crippen MR) is 86.8 cm³/mol. The van der Waals surface area contributed by atoms with Gasteiger partial charge in [-0.15, -0.1) is 0 Å². The number of ether oxygens (including phenoxy) is 1. The maximum atomic E-state index is 12.7. The van der Waals surface area contributed by atoms with E-state index in [9.17, 15) is 9.59 Å². The number of carbonyl (C=O) groups is 2. The van der Waals surface area contributed by atoms with Crippen LogP contribution >= 0.6 is 0 Å². The van der Waals surface area contributed by atoms with E-state index in [1.54, 1.807) is 43.1 Å². The summed E-state index contributed by atoms with van der Waals surface area (Å²) >= 11 is 0. The Labute approximate surface area is 137 Å². The summed E-state index contributed by atoms with van der Waals surface area (Å²) in [6, 6.07) is 3.87. The lowest BCUT2D eigenvalue weighted by Gasteiger charge is -2.35. The fourth-order valence-corrected chi connectivity index (χ4v) is 2.68. The zero-order valence-electron chi connectivity index (χ0n) is 14.1. The number of likely N-dealkylation sites (N-methyl/N-ethyl adjacent to an activating group) is 1. The maximum absolute atomic E-state index is 12.7. The predicted octanol–water partition coefficient (Wildman–Crippen LogP) is 0.968. The van der Waals surface area contributed by atoms with Crippen molar-refractivity contribution < 1.29 is 14.3 Å². The van der Waals surface area contributed by atoms with Crippen LogP contribution in [-0.2, 0) is 20.7 Å². The number of aromatic nitrogens is 1. The molecule has 126 valence electrons. The Morgan fingerprint density at radius 1 is 1.26 bits per heavy atom. The second-order valence-corrected chi connectivity index (χ2v) is 6.36. The summed E-state index contributed by atoms with van der Waals surface area (Å²) in [5.74, 6) is -0.274. The number of rotatable bonds is 5. The molecule has 6 heteroatoms. The molecule has 0 unspecified atom stereocenters. The fraction of sp³-hybridized carbons (Fsp3) is 0.588. The van der Waals surface area contributed by atoms with E-state index in [0.29, 0.717) is 32.8 Å². The number of pyridine rings is 1. The molecular formula is C17H25N3O3. The van der Waals surface area contributed by atoms with E-state index in [0.717, 1.165) is 12.0 Å². The molecule has 1 aliphatic rings. The van der Waals surface area contributed by atoms with Crippen molar-refractivity contribution >= 4 is 11.8 Å². The number of morpholine rings is 1. The molecule has 0 atom stereocenters. The molecule has 0 aromatic carbocycles. The minimum atomic E-state index is -1.05. The highest BCUT2D eigenvalue weighted by Gasteiger charge is 2.41. The van der Waals surface area contributed by atoms with E-state index in [4.69, 9.17) is 4.74 Å². The molecule has 0 aliphatic carbocycles. The van der Waals surface area contributed by atoms with Crippen LogP contribution in [0, 0.1) is 5.41 Å². The molecule has 1 aliphatic heterocycles. The summed E-state index contributed by atoms with van der Waals surface area (Å²) in [5.41, 5.74) is 0.0709. The number of carbonyl (C=O) groups excluding carboxylic acids is 2. The van der Waals surface area contributed by atoms with Crippen LogP contribution in [0.1, 0.15) is 19.4 Å². The van der Waals surface area contributed by atoms with E-state index in [1.165, 1.54) is 0 Å². The molecule has 0 N–H and O–H groups in total. The minimum Gasteiger partial charge on any atom is -0.378 e. The molecule has 0 bridgehead atoms. The van der Waals surface area contributed by atoms with Crippen LogP contribution in [-0.4, -0.2) is 66.5 Å². The Hall–Kier alpha value is -1.95. The first-order valence-electron chi connectivity index (χ1n) is 7.94. The van der Waals surface area contributed by atoms with Gasteiger partial charge in [0.2, 0.25) is 11.8 Å². The summed E-state index contributed by atoms with van der Waals surface area (Å²) in [6.07, 6.45) is 4.22. The van der Waals surface area contributed by atoms with Gasteiger partial charge in [-0.3, -0.25) is 14.6 Å². The standard InChI is InChI=1S/C17H25N3O3/c1-17(2,16(22)20-10-12-23-13-11-20)15(21)19(3)9-6-14-4-7-18-8-5-14/h4-5,7-8H,6,9-13H2,1-3H3. The molecule has 6 nitrogen and oxygen atoms in total. The zero-order valence-corrected chi connectivity index (χ0v) is 14.1. The van der Waals surface area contributed by atoms with Crippen LogP contribution in [0.15, 0.2) is 24.5 Å². The van der Waals surface area contributed by atoms with Crippen molar-refractivity contribution in [3.63, 3.8) is 0 Å². The lowest BCUT2D eigenvalue weighted by atomic mass is 9.89. The Balaban J connectivity index is 1.94. The number of amides is 2. The van der Waals surface area contributed by atoms with Crippen molar-refractivity contribution in [2.45, 2.75) is 20.3 Å². The van der Waals surface area contributed by atoms with Gasteiger partial charge < -0.3 is 14.5 Å². The second-order valence-electron chi connectivity index (χ2n) is 6.36. The highest BCUT2D eigenvalue weighted by atomic mass is 16.5. The third-order valence-electron chi connectivity index (χ3n) is 4.20. The Kier molecular flexibility index (Phi) is 5.71. The van der Waals surface area contributed by atoms with Crippen LogP contribution in [0.3, 0.4) is 0 Å². The molecule has 23 heavy (non-hydrogen) atoms. The lowest BCUT2D eigenvalue weighted by Crippen LogP contribution is -2.53. The van der Waals surface area contributed by atoms with Crippen molar-refractivity contribution in [1.82, 2.24) is 14.8 Å². The molecule has 0 saturated carbocycles. The smallest absolute Gasteiger partial charge is 0.237 e. The van der Waals surface area contributed by atoms with Crippen molar-refractivity contribution in [3.8, 4) is 0 Å². The summed E-state index contributed by atoms with van der Waals surface area (Å²) in [4.78, 5) is 32.7. The second kappa shape index (κ2) is 7.55. The van der Waals surface area contributed by atoms with E-state index in [2.05, 4.69) is 4.98 Å². The van der Waals surface area contributed by atoms with Crippen LogP contribution in [0.5, 0.6) is 0 Å². The molecule has 2 heterocycles. The van der Waals surface area contributed by atoms with Crippen LogP contribution in [0.25, 0.3) is 0 Å². The Bertz CT molecular complexity index is 539. The molecule has 2 rings (SSSR count). The molecule has 2 amide bonds. The molecule has 0 spiro atoms. The first kappa shape index (κ1) is 17.4. The summed E-state index contributed by atoms with van der Waals surface area (Å²) in [6.45, 7) is 6.16. The zero-order chi connectivity index (χ0) is 16.9. The van der Waals surface area contributed by atoms with Crippen LogP contribution in [0.2, 0.25) is 0 Å². The van der Waals surface area contributed by atoms with Crippen molar-refractivity contribution in [3.05, 3.63) is 30.1 Å². The highest BCUT2D eigenvalue weighted by molar-refractivity contribution is 6.04. The quantitative estimate of drug-likeness (QED) is 0.759. The summed E-state index contributed by atoms with van der Waals surface area (Å²) < 4.78 is 5.26. The van der Waals surface area contributed by atoms with Gasteiger partial charge in [0.1, 0.15) is 5.41 Å². The van der Waals surface area contributed by atoms with Gasteiger partial charge in [0.05, 0.1) is 13.2 Å². The molecule has 1 aromatic heterocycles. The monoisotopic (exact) mass is 319 g/mol. The topological polar surface area (TPSA) is 62.7 Å². The first-order chi connectivity index (χ1) is 10.9.